The van der Waals surface area contributed by atoms with Crippen LogP contribution in [0.3, 0.4) is 0 Å². The lowest BCUT2D eigenvalue weighted by Crippen LogP contribution is -2.21. The number of H-pyrrole nitrogens is 1. The summed E-state index contributed by atoms with van der Waals surface area (Å²) in [6.07, 6.45) is 0. The number of nitrogens with zero attached hydrogens (tertiary/aromatic N) is 2. The Labute approximate surface area is 163 Å². The summed E-state index contributed by atoms with van der Waals surface area (Å²) in [5.41, 5.74) is 11.0. The molecule has 6 heteroatoms. The second-order valence-corrected chi connectivity index (χ2v) is 6.61. The molecule has 0 aliphatic carbocycles. The smallest absolute Gasteiger partial charge is 0.244 e. The summed E-state index contributed by atoms with van der Waals surface area (Å²) in [7, 11) is 0. The van der Waals surface area contributed by atoms with Crippen LogP contribution in [0.2, 0.25) is 0 Å². The number of aromatic amines is 1. The lowest BCUT2D eigenvalue weighted by atomic mass is 9.83. The van der Waals surface area contributed by atoms with Crippen LogP contribution in [0.4, 0.5) is 0 Å². The summed E-state index contributed by atoms with van der Waals surface area (Å²) in [4.78, 5) is 0. The predicted octanol–water partition coefficient (Wildman–Crippen LogP) is 4.00. The lowest BCUT2D eigenvalue weighted by Gasteiger charge is -2.24. The maximum atomic E-state index is 9.75. The largest absolute Gasteiger partial charge is 0.494 e. The summed E-state index contributed by atoms with van der Waals surface area (Å²) in [6, 6.07) is 18.0. The molecule has 3 aromatic rings. The zero-order valence-electron chi connectivity index (χ0n) is 15.7. The molecule has 0 bridgehead atoms. The van der Waals surface area contributed by atoms with Crippen molar-refractivity contribution in [3.8, 4) is 29.0 Å². The van der Waals surface area contributed by atoms with Gasteiger partial charge in [-0.05, 0) is 43.7 Å². The Balaban J connectivity index is 1.85. The van der Waals surface area contributed by atoms with Crippen LogP contribution in [0.25, 0.3) is 11.3 Å². The predicted molar refractivity (Wildman–Crippen MR) is 106 cm³/mol. The van der Waals surface area contributed by atoms with Crippen LogP contribution < -0.4 is 15.2 Å². The van der Waals surface area contributed by atoms with E-state index in [1.807, 2.05) is 62.4 Å². The van der Waals surface area contributed by atoms with Gasteiger partial charge in [0.1, 0.15) is 17.4 Å². The number of nitrogens with one attached hydrogen (secondary N) is 1. The van der Waals surface area contributed by atoms with Gasteiger partial charge in [-0.25, -0.2) is 0 Å². The third kappa shape index (κ3) is 2.97. The average Bonchev–Trinajstić information content (AvgIpc) is 3.12. The van der Waals surface area contributed by atoms with E-state index < -0.39 is 0 Å². The van der Waals surface area contributed by atoms with Crippen molar-refractivity contribution < 1.29 is 9.47 Å². The molecule has 1 aromatic heterocycles. The number of aromatic nitrogens is 2. The van der Waals surface area contributed by atoms with Gasteiger partial charge in [0.25, 0.3) is 0 Å². The number of nitrogens with two attached hydrogens (primary N) is 1. The van der Waals surface area contributed by atoms with Gasteiger partial charge in [-0.3, -0.25) is 5.10 Å². The molecular formula is C22H20N4O2. The molecule has 4 rings (SSSR count). The summed E-state index contributed by atoms with van der Waals surface area (Å²) in [5.74, 6) is 0.929. The Morgan fingerprint density at radius 2 is 1.89 bits per heavy atom. The van der Waals surface area contributed by atoms with E-state index in [9.17, 15) is 5.26 Å². The molecule has 2 aromatic carbocycles. The second kappa shape index (κ2) is 7.12. The Morgan fingerprint density at radius 3 is 2.54 bits per heavy atom. The van der Waals surface area contributed by atoms with E-state index in [0.717, 1.165) is 33.7 Å². The van der Waals surface area contributed by atoms with Gasteiger partial charge in [0.15, 0.2) is 0 Å². The van der Waals surface area contributed by atoms with E-state index in [1.165, 1.54) is 0 Å². The third-order valence-electron chi connectivity index (χ3n) is 4.80. The number of hydrogen-bond donors (Lipinski definition) is 2. The van der Waals surface area contributed by atoms with Gasteiger partial charge in [0.2, 0.25) is 11.8 Å². The zero-order chi connectivity index (χ0) is 19.7. The van der Waals surface area contributed by atoms with Crippen molar-refractivity contribution in [1.29, 1.82) is 5.26 Å². The van der Waals surface area contributed by atoms with E-state index in [4.69, 9.17) is 15.2 Å². The molecule has 0 radical (unpaired) electrons. The van der Waals surface area contributed by atoms with Gasteiger partial charge < -0.3 is 15.2 Å². The fraction of sp³-hybridized carbons (Fsp3) is 0.182. The van der Waals surface area contributed by atoms with Gasteiger partial charge in [-0.2, -0.15) is 5.26 Å². The summed E-state index contributed by atoms with van der Waals surface area (Å²) < 4.78 is 11.2. The number of nitriles is 1. The van der Waals surface area contributed by atoms with E-state index in [2.05, 4.69) is 16.3 Å². The summed E-state index contributed by atoms with van der Waals surface area (Å²) in [6.45, 7) is 4.58. The first-order valence-electron chi connectivity index (χ1n) is 9.08. The van der Waals surface area contributed by atoms with Gasteiger partial charge in [-0.1, -0.05) is 29.8 Å². The number of hydrogen-bond acceptors (Lipinski definition) is 5. The molecule has 1 aliphatic heterocycles. The van der Waals surface area contributed by atoms with E-state index in [1.54, 1.807) is 0 Å². The van der Waals surface area contributed by atoms with Crippen molar-refractivity contribution in [2.45, 2.75) is 19.8 Å². The number of rotatable bonds is 4. The Morgan fingerprint density at radius 1 is 1.18 bits per heavy atom. The Bertz CT molecular complexity index is 1070. The molecule has 1 atom stereocenters. The van der Waals surface area contributed by atoms with Crippen LogP contribution in [0.1, 0.15) is 29.5 Å². The molecule has 0 amide bonds. The van der Waals surface area contributed by atoms with Crippen LogP contribution in [-0.2, 0) is 0 Å². The van der Waals surface area contributed by atoms with Crippen molar-refractivity contribution in [1.82, 2.24) is 10.2 Å². The molecule has 0 unspecified atom stereocenters. The SMILES string of the molecule is CCOc1ccc(-c2[nH]nc3c2[C@H](c2ccc(C)cc2)C(C#N)=C(N)O3)cc1. The summed E-state index contributed by atoms with van der Waals surface area (Å²) in [5, 5.41) is 17.1. The Hall–Kier alpha value is -3.72. The van der Waals surface area contributed by atoms with Crippen LogP contribution in [0, 0.1) is 18.3 Å². The van der Waals surface area contributed by atoms with Crippen molar-refractivity contribution in [2.75, 3.05) is 6.61 Å². The second-order valence-electron chi connectivity index (χ2n) is 6.61. The molecular weight excluding hydrogens is 352 g/mol. The zero-order valence-corrected chi connectivity index (χ0v) is 15.7. The highest BCUT2D eigenvalue weighted by atomic mass is 16.5. The number of ether oxygens (including phenoxy) is 2. The van der Waals surface area contributed by atoms with Gasteiger partial charge in [0.05, 0.1) is 23.8 Å². The number of fused-ring (bicyclic) bond motifs is 1. The lowest BCUT2D eigenvalue weighted by molar-refractivity contribution is 0.340. The van der Waals surface area contributed by atoms with Gasteiger partial charge in [-0.15, -0.1) is 5.10 Å². The third-order valence-corrected chi connectivity index (χ3v) is 4.80. The normalized spacial score (nSPS) is 15.5. The number of allylic oxidation sites excluding steroid dienone is 1. The van der Waals surface area contributed by atoms with E-state index >= 15 is 0 Å². The van der Waals surface area contributed by atoms with Crippen LogP contribution in [-0.4, -0.2) is 16.8 Å². The maximum absolute atomic E-state index is 9.75. The fourth-order valence-corrected chi connectivity index (χ4v) is 3.44. The van der Waals surface area contributed by atoms with Crippen molar-refractivity contribution >= 4 is 0 Å². The molecule has 6 nitrogen and oxygen atoms in total. The molecule has 0 spiro atoms. The fourth-order valence-electron chi connectivity index (χ4n) is 3.44. The molecule has 0 fully saturated rings. The minimum Gasteiger partial charge on any atom is -0.494 e. The molecule has 140 valence electrons. The average molecular weight is 372 g/mol. The summed E-state index contributed by atoms with van der Waals surface area (Å²) >= 11 is 0. The molecule has 3 N–H and O–H groups in total. The van der Waals surface area contributed by atoms with Crippen molar-refractivity contribution in [3.63, 3.8) is 0 Å². The molecule has 28 heavy (non-hydrogen) atoms. The highest BCUT2D eigenvalue weighted by molar-refractivity contribution is 5.71. The standard InChI is InChI=1S/C22H20N4O2/c1-3-27-16-10-8-15(9-11-16)20-19-18(14-6-4-13(2)5-7-14)17(12-23)21(24)28-22(19)26-25-20/h4-11,18H,3,24H2,1-2H3,(H,25,26)/t18-/m1/s1. The Kier molecular flexibility index (Phi) is 4.50. The molecule has 2 heterocycles. The van der Waals surface area contributed by atoms with Crippen LogP contribution >= 0.6 is 0 Å². The monoisotopic (exact) mass is 372 g/mol. The van der Waals surface area contributed by atoms with Gasteiger partial charge >= 0.3 is 0 Å². The first-order chi connectivity index (χ1) is 13.6. The quantitative estimate of drug-likeness (QED) is 0.721. The van der Waals surface area contributed by atoms with Crippen molar-refractivity contribution in [3.05, 3.63) is 76.7 Å². The molecule has 0 saturated carbocycles. The van der Waals surface area contributed by atoms with Crippen molar-refractivity contribution in [2.24, 2.45) is 5.73 Å². The maximum Gasteiger partial charge on any atom is 0.244 e. The minimum atomic E-state index is -0.352. The van der Waals surface area contributed by atoms with Crippen LogP contribution in [0.15, 0.2) is 60.0 Å². The van der Waals surface area contributed by atoms with E-state index in [0.29, 0.717) is 18.1 Å². The van der Waals surface area contributed by atoms with Gasteiger partial charge in [0, 0.05) is 5.56 Å². The highest BCUT2D eigenvalue weighted by Gasteiger charge is 2.35. The molecule has 0 saturated heterocycles. The highest BCUT2D eigenvalue weighted by Crippen LogP contribution is 2.45. The topological polar surface area (TPSA) is 97.0 Å². The number of aryl methyl sites for hydroxylation is 1. The number of benzene rings is 2. The first-order valence-corrected chi connectivity index (χ1v) is 9.08. The minimum absolute atomic E-state index is 0.0883. The first kappa shape index (κ1) is 17.7. The van der Waals surface area contributed by atoms with Crippen LogP contribution in [0.5, 0.6) is 11.6 Å². The van der Waals surface area contributed by atoms with E-state index in [-0.39, 0.29) is 11.8 Å². The molecule has 1 aliphatic rings.